The summed E-state index contributed by atoms with van der Waals surface area (Å²) in [7, 11) is 3.40. The normalized spacial score (nSPS) is 19.2. The third-order valence-corrected chi connectivity index (χ3v) is 2.65. The first-order valence-electron chi connectivity index (χ1n) is 4.88. The van der Waals surface area contributed by atoms with Crippen molar-refractivity contribution < 1.29 is 9.47 Å². The molecule has 0 saturated carbocycles. The minimum atomic E-state index is -0.104. The maximum atomic E-state index is 5.28. The van der Waals surface area contributed by atoms with Gasteiger partial charge in [0.15, 0.2) is 6.29 Å². The van der Waals surface area contributed by atoms with Crippen LogP contribution in [0.1, 0.15) is 20.3 Å². The predicted molar refractivity (Wildman–Crippen MR) is 52.6 cm³/mol. The lowest BCUT2D eigenvalue weighted by Crippen LogP contribution is -2.48. The number of hydrogen-bond donors (Lipinski definition) is 0. The first-order chi connectivity index (χ1) is 6.10. The summed E-state index contributed by atoms with van der Waals surface area (Å²) in [4.78, 5) is 2.44. The van der Waals surface area contributed by atoms with Crippen LogP contribution in [0.2, 0.25) is 0 Å². The molecule has 13 heavy (non-hydrogen) atoms. The molecule has 1 aliphatic rings. The van der Waals surface area contributed by atoms with Gasteiger partial charge in [-0.15, -0.1) is 0 Å². The van der Waals surface area contributed by atoms with E-state index in [0.29, 0.717) is 0 Å². The monoisotopic (exact) mass is 187 g/mol. The lowest BCUT2D eigenvalue weighted by atomic mass is 9.90. The van der Waals surface area contributed by atoms with Crippen LogP contribution in [0.25, 0.3) is 0 Å². The molecule has 1 aliphatic heterocycles. The Kier molecular flexibility index (Phi) is 3.71. The summed E-state index contributed by atoms with van der Waals surface area (Å²) in [6.45, 7) is 7.87. The molecule has 0 aliphatic carbocycles. The average Bonchev–Trinajstić information content (AvgIpc) is 1.99. The second kappa shape index (κ2) is 4.40. The summed E-state index contributed by atoms with van der Waals surface area (Å²) in [6.07, 6.45) is 1.23. The number of methoxy groups -OCH3 is 2. The fourth-order valence-electron chi connectivity index (χ4n) is 1.92. The molecule has 3 nitrogen and oxygen atoms in total. The molecular formula is C10H21NO2. The van der Waals surface area contributed by atoms with Gasteiger partial charge in [0.1, 0.15) is 0 Å². The van der Waals surface area contributed by atoms with E-state index >= 15 is 0 Å². The van der Waals surface area contributed by atoms with E-state index < -0.39 is 0 Å². The Balaban J connectivity index is 2.41. The van der Waals surface area contributed by atoms with Gasteiger partial charge in [0.25, 0.3) is 0 Å². The van der Waals surface area contributed by atoms with E-state index in [1.165, 1.54) is 19.5 Å². The van der Waals surface area contributed by atoms with Gasteiger partial charge in [0.2, 0.25) is 0 Å². The zero-order valence-electron chi connectivity index (χ0n) is 9.17. The van der Waals surface area contributed by atoms with Crippen LogP contribution in [-0.4, -0.2) is 45.0 Å². The molecule has 0 amide bonds. The van der Waals surface area contributed by atoms with Crippen LogP contribution < -0.4 is 0 Å². The van der Waals surface area contributed by atoms with Crippen molar-refractivity contribution in [2.24, 2.45) is 5.41 Å². The fourth-order valence-corrected chi connectivity index (χ4v) is 1.92. The Morgan fingerprint density at radius 2 is 1.77 bits per heavy atom. The maximum absolute atomic E-state index is 5.28. The minimum Gasteiger partial charge on any atom is -0.355 e. The molecule has 78 valence electrons. The smallest absolute Gasteiger partial charge is 0.163 e. The lowest BCUT2D eigenvalue weighted by molar-refractivity contribution is -0.175. The van der Waals surface area contributed by atoms with Gasteiger partial charge in [-0.3, -0.25) is 0 Å². The highest BCUT2D eigenvalue weighted by Gasteiger charge is 2.33. The summed E-state index contributed by atoms with van der Waals surface area (Å²) in [6, 6.07) is 0. The molecule has 1 heterocycles. The largest absolute Gasteiger partial charge is 0.355 e. The van der Waals surface area contributed by atoms with Gasteiger partial charge < -0.3 is 14.4 Å². The summed E-state index contributed by atoms with van der Waals surface area (Å²) in [5.74, 6) is 0. The number of ether oxygens (including phenoxy) is 2. The number of hydrogen-bond acceptors (Lipinski definition) is 3. The SMILES string of the molecule is COC(OC)C(C)(C)CN1CCC1. The van der Waals surface area contributed by atoms with Crippen molar-refractivity contribution in [2.45, 2.75) is 26.6 Å². The second-order valence-corrected chi connectivity index (χ2v) is 4.42. The molecule has 0 aromatic rings. The van der Waals surface area contributed by atoms with Crippen molar-refractivity contribution in [3.8, 4) is 0 Å². The standard InChI is InChI=1S/C10H21NO2/c1-10(2,9(12-3)13-4)8-11-6-5-7-11/h9H,5-8H2,1-4H3. The topological polar surface area (TPSA) is 21.7 Å². The third-order valence-electron chi connectivity index (χ3n) is 2.65. The first kappa shape index (κ1) is 11.0. The van der Waals surface area contributed by atoms with E-state index in [9.17, 15) is 0 Å². The van der Waals surface area contributed by atoms with E-state index in [4.69, 9.17) is 9.47 Å². The molecule has 0 aromatic carbocycles. The van der Waals surface area contributed by atoms with Gasteiger partial charge in [0, 0.05) is 26.2 Å². The summed E-state index contributed by atoms with van der Waals surface area (Å²) in [5, 5.41) is 0. The van der Waals surface area contributed by atoms with E-state index in [1.54, 1.807) is 14.2 Å². The lowest BCUT2D eigenvalue weighted by Gasteiger charge is -2.40. The third kappa shape index (κ3) is 2.66. The Hall–Kier alpha value is -0.120. The van der Waals surface area contributed by atoms with Crippen molar-refractivity contribution in [3.63, 3.8) is 0 Å². The highest BCUT2D eigenvalue weighted by Crippen LogP contribution is 2.26. The van der Waals surface area contributed by atoms with Crippen LogP contribution in [0.5, 0.6) is 0 Å². The van der Waals surface area contributed by atoms with Crippen molar-refractivity contribution >= 4 is 0 Å². The molecule has 0 radical (unpaired) electrons. The predicted octanol–water partition coefficient (Wildman–Crippen LogP) is 1.34. The fraction of sp³-hybridized carbons (Fsp3) is 1.00. The van der Waals surface area contributed by atoms with Gasteiger partial charge >= 0.3 is 0 Å². The zero-order chi connectivity index (χ0) is 9.90. The molecule has 0 N–H and O–H groups in total. The van der Waals surface area contributed by atoms with Gasteiger partial charge in [-0.2, -0.15) is 0 Å². The van der Waals surface area contributed by atoms with E-state index in [-0.39, 0.29) is 11.7 Å². The summed E-state index contributed by atoms with van der Waals surface area (Å²) >= 11 is 0. The maximum Gasteiger partial charge on any atom is 0.163 e. The van der Waals surface area contributed by atoms with E-state index in [0.717, 1.165) is 6.54 Å². The van der Waals surface area contributed by atoms with Gasteiger partial charge in [-0.05, 0) is 19.5 Å². The Labute approximate surface area is 81.0 Å². The van der Waals surface area contributed by atoms with Gasteiger partial charge in [0.05, 0.1) is 0 Å². The van der Waals surface area contributed by atoms with Crippen molar-refractivity contribution in [3.05, 3.63) is 0 Å². The molecule has 0 spiro atoms. The minimum absolute atomic E-state index is 0.0733. The molecule has 0 atom stereocenters. The molecule has 1 fully saturated rings. The van der Waals surface area contributed by atoms with E-state index in [2.05, 4.69) is 18.7 Å². The highest BCUT2D eigenvalue weighted by atomic mass is 16.7. The zero-order valence-corrected chi connectivity index (χ0v) is 9.17. The quantitative estimate of drug-likeness (QED) is 0.606. The molecule has 1 rings (SSSR count). The van der Waals surface area contributed by atoms with Crippen LogP contribution >= 0.6 is 0 Å². The van der Waals surface area contributed by atoms with Crippen LogP contribution in [0.3, 0.4) is 0 Å². The Morgan fingerprint density at radius 1 is 1.23 bits per heavy atom. The van der Waals surface area contributed by atoms with Crippen LogP contribution in [0.15, 0.2) is 0 Å². The van der Waals surface area contributed by atoms with Crippen molar-refractivity contribution in [1.82, 2.24) is 4.90 Å². The summed E-state index contributed by atoms with van der Waals surface area (Å²) < 4.78 is 10.6. The number of likely N-dealkylation sites (tertiary alicyclic amines) is 1. The Bertz CT molecular complexity index is 151. The molecule has 0 unspecified atom stereocenters. The summed E-state index contributed by atoms with van der Waals surface area (Å²) in [5.41, 5.74) is 0.0733. The van der Waals surface area contributed by atoms with Gasteiger partial charge in [-0.1, -0.05) is 13.8 Å². The molecule has 0 bridgehead atoms. The first-order valence-corrected chi connectivity index (χ1v) is 4.88. The number of nitrogens with zero attached hydrogens (tertiary/aromatic N) is 1. The van der Waals surface area contributed by atoms with E-state index in [1.807, 2.05) is 0 Å². The Morgan fingerprint density at radius 3 is 2.08 bits per heavy atom. The van der Waals surface area contributed by atoms with Gasteiger partial charge in [-0.25, -0.2) is 0 Å². The molecule has 3 heteroatoms. The molecular weight excluding hydrogens is 166 g/mol. The van der Waals surface area contributed by atoms with Crippen molar-refractivity contribution in [2.75, 3.05) is 33.9 Å². The van der Waals surface area contributed by atoms with Crippen LogP contribution in [0, 0.1) is 5.41 Å². The highest BCUT2D eigenvalue weighted by molar-refractivity contribution is 4.80. The average molecular weight is 187 g/mol. The second-order valence-electron chi connectivity index (χ2n) is 4.42. The molecule has 0 aromatic heterocycles. The van der Waals surface area contributed by atoms with Crippen LogP contribution in [-0.2, 0) is 9.47 Å². The molecule has 1 saturated heterocycles. The van der Waals surface area contributed by atoms with Crippen molar-refractivity contribution in [1.29, 1.82) is 0 Å². The number of rotatable bonds is 5. The van der Waals surface area contributed by atoms with Crippen LogP contribution in [0.4, 0.5) is 0 Å².